The van der Waals surface area contributed by atoms with E-state index in [1.165, 1.54) is 12.1 Å². The van der Waals surface area contributed by atoms with Crippen LogP contribution in [0.3, 0.4) is 0 Å². The minimum atomic E-state index is -0.551. The van der Waals surface area contributed by atoms with E-state index in [1.54, 1.807) is 31.2 Å². The van der Waals surface area contributed by atoms with Crippen LogP contribution < -0.4 is 10.1 Å². The third-order valence-corrected chi connectivity index (χ3v) is 4.18. The van der Waals surface area contributed by atoms with Crippen LogP contribution in [-0.2, 0) is 9.53 Å². The first-order valence-electron chi connectivity index (χ1n) is 7.25. The number of esters is 1. The lowest BCUT2D eigenvalue weighted by molar-refractivity contribution is -0.118. The number of carbonyl (C=O) groups is 2. The second-order valence-corrected chi connectivity index (χ2v) is 6.52. The third-order valence-electron chi connectivity index (χ3n) is 3.00. The van der Waals surface area contributed by atoms with Crippen LogP contribution in [0.5, 0.6) is 5.75 Å². The number of rotatable bonds is 6. The zero-order valence-corrected chi connectivity index (χ0v) is 16.2. The van der Waals surface area contributed by atoms with Crippen LogP contribution in [0, 0.1) is 0 Å². The standard InChI is InChI=1S/C17H14BrCl2NO4/c1-2-24-17(23)12-8-11(4-5-14(12)20)21-16(22)9-25-15-6-3-10(19)7-13(15)18/h3-8H,2,9H2,1H3,(H,21,22). The van der Waals surface area contributed by atoms with Crippen molar-refractivity contribution in [3.05, 3.63) is 56.5 Å². The summed E-state index contributed by atoms with van der Waals surface area (Å²) in [6, 6.07) is 9.53. The molecule has 2 rings (SSSR count). The minimum absolute atomic E-state index is 0.183. The molecule has 0 unspecified atom stereocenters. The number of nitrogens with one attached hydrogen (secondary N) is 1. The summed E-state index contributed by atoms with van der Waals surface area (Å²) in [5.41, 5.74) is 0.596. The molecule has 2 aromatic rings. The normalized spacial score (nSPS) is 10.2. The maximum Gasteiger partial charge on any atom is 0.339 e. The van der Waals surface area contributed by atoms with Gasteiger partial charge in [0.1, 0.15) is 5.75 Å². The van der Waals surface area contributed by atoms with Crippen LogP contribution in [0.2, 0.25) is 10.0 Å². The van der Waals surface area contributed by atoms with E-state index in [0.29, 0.717) is 20.9 Å². The Morgan fingerprint density at radius 3 is 2.60 bits per heavy atom. The predicted molar refractivity (Wildman–Crippen MR) is 101 cm³/mol. The van der Waals surface area contributed by atoms with Gasteiger partial charge in [-0.05, 0) is 59.3 Å². The monoisotopic (exact) mass is 445 g/mol. The molecule has 0 spiro atoms. The fourth-order valence-electron chi connectivity index (χ4n) is 1.90. The Morgan fingerprint density at radius 2 is 1.92 bits per heavy atom. The van der Waals surface area contributed by atoms with Crippen LogP contribution in [0.25, 0.3) is 0 Å². The first kappa shape index (κ1) is 19.6. The van der Waals surface area contributed by atoms with Crippen LogP contribution in [0.15, 0.2) is 40.9 Å². The number of halogens is 3. The van der Waals surface area contributed by atoms with Gasteiger partial charge in [-0.2, -0.15) is 0 Å². The highest BCUT2D eigenvalue weighted by molar-refractivity contribution is 9.10. The summed E-state index contributed by atoms with van der Waals surface area (Å²) >= 11 is 15.1. The van der Waals surface area contributed by atoms with Crippen LogP contribution in [0.4, 0.5) is 5.69 Å². The molecular weight excluding hydrogens is 433 g/mol. The van der Waals surface area contributed by atoms with Gasteiger partial charge in [-0.15, -0.1) is 0 Å². The lowest BCUT2D eigenvalue weighted by Gasteiger charge is -2.10. The highest BCUT2D eigenvalue weighted by Gasteiger charge is 2.13. The summed E-state index contributed by atoms with van der Waals surface area (Å²) in [6.07, 6.45) is 0. The molecule has 25 heavy (non-hydrogen) atoms. The molecule has 0 aliphatic heterocycles. The van der Waals surface area contributed by atoms with Gasteiger partial charge in [-0.3, -0.25) is 4.79 Å². The molecule has 2 aromatic carbocycles. The van der Waals surface area contributed by atoms with Crippen molar-refractivity contribution in [2.24, 2.45) is 0 Å². The summed E-state index contributed by atoms with van der Waals surface area (Å²) in [5.74, 6) is -0.452. The topological polar surface area (TPSA) is 64.6 Å². The van der Waals surface area contributed by atoms with Crippen molar-refractivity contribution < 1.29 is 19.1 Å². The fourth-order valence-corrected chi connectivity index (χ4v) is 2.89. The summed E-state index contributed by atoms with van der Waals surface area (Å²) in [6.45, 7) is 1.72. The van der Waals surface area contributed by atoms with Crippen molar-refractivity contribution in [2.75, 3.05) is 18.5 Å². The SMILES string of the molecule is CCOC(=O)c1cc(NC(=O)COc2ccc(Cl)cc2Br)ccc1Cl. The van der Waals surface area contributed by atoms with E-state index in [0.717, 1.165) is 0 Å². The Morgan fingerprint density at radius 1 is 1.16 bits per heavy atom. The maximum absolute atomic E-state index is 12.0. The average Bonchev–Trinajstić information content (AvgIpc) is 2.56. The molecule has 0 bridgehead atoms. The molecule has 0 aliphatic rings. The molecule has 1 N–H and O–H groups in total. The van der Waals surface area contributed by atoms with Crippen molar-refractivity contribution in [3.8, 4) is 5.75 Å². The van der Waals surface area contributed by atoms with E-state index in [9.17, 15) is 9.59 Å². The Labute approximate surface area is 163 Å². The average molecular weight is 447 g/mol. The van der Waals surface area contributed by atoms with Crippen molar-refractivity contribution in [1.29, 1.82) is 0 Å². The zero-order chi connectivity index (χ0) is 18.4. The second-order valence-electron chi connectivity index (χ2n) is 4.83. The molecule has 0 radical (unpaired) electrons. The minimum Gasteiger partial charge on any atom is -0.483 e. The first-order chi connectivity index (χ1) is 11.9. The molecule has 1 amide bonds. The predicted octanol–water partition coefficient (Wildman–Crippen LogP) is 4.95. The van der Waals surface area contributed by atoms with Gasteiger partial charge in [0.15, 0.2) is 6.61 Å². The Balaban J connectivity index is 2.00. The lowest BCUT2D eigenvalue weighted by Crippen LogP contribution is -2.20. The molecule has 0 heterocycles. The van der Waals surface area contributed by atoms with E-state index in [1.807, 2.05) is 0 Å². The number of anilines is 1. The maximum atomic E-state index is 12.0. The van der Waals surface area contributed by atoms with Crippen LogP contribution in [-0.4, -0.2) is 25.1 Å². The molecule has 0 saturated heterocycles. The Kier molecular flexibility index (Phi) is 7.11. The van der Waals surface area contributed by atoms with Crippen molar-refractivity contribution >= 4 is 56.7 Å². The number of amides is 1. The van der Waals surface area contributed by atoms with Crippen molar-refractivity contribution in [1.82, 2.24) is 0 Å². The molecular formula is C17H14BrCl2NO4. The van der Waals surface area contributed by atoms with Gasteiger partial charge < -0.3 is 14.8 Å². The van der Waals surface area contributed by atoms with Crippen LogP contribution >= 0.6 is 39.1 Å². The first-order valence-corrected chi connectivity index (χ1v) is 8.80. The van der Waals surface area contributed by atoms with E-state index in [4.69, 9.17) is 32.7 Å². The van der Waals surface area contributed by atoms with Gasteiger partial charge in [-0.1, -0.05) is 23.2 Å². The van der Waals surface area contributed by atoms with Gasteiger partial charge in [0.2, 0.25) is 0 Å². The number of ether oxygens (including phenoxy) is 2. The fraction of sp³-hybridized carbons (Fsp3) is 0.176. The van der Waals surface area contributed by atoms with E-state index in [-0.39, 0.29) is 29.7 Å². The molecule has 0 aliphatic carbocycles. The Hall–Kier alpha value is -1.76. The van der Waals surface area contributed by atoms with Gasteiger partial charge in [0, 0.05) is 10.7 Å². The number of benzene rings is 2. The summed E-state index contributed by atoms with van der Waals surface area (Å²) in [4.78, 5) is 23.8. The number of hydrogen-bond acceptors (Lipinski definition) is 4. The largest absolute Gasteiger partial charge is 0.483 e. The highest BCUT2D eigenvalue weighted by atomic mass is 79.9. The van der Waals surface area contributed by atoms with Gasteiger partial charge in [0.25, 0.3) is 5.91 Å². The van der Waals surface area contributed by atoms with E-state index < -0.39 is 5.97 Å². The van der Waals surface area contributed by atoms with Crippen LogP contribution in [0.1, 0.15) is 17.3 Å². The molecule has 0 saturated carbocycles. The molecule has 132 valence electrons. The van der Waals surface area contributed by atoms with E-state index in [2.05, 4.69) is 21.2 Å². The van der Waals surface area contributed by atoms with Gasteiger partial charge in [0.05, 0.1) is 21.7 Å². The molecule has 0 aromatic heterocycles. The summed E-state index contributed by atoms with van der Waals surface area (Å²) in [5, 5.41) is 3.44. The van der Waals surface area contributed by atoms with Crippen molar-refractivity contribution in [3.63, 3.8) is 0 Å². The molecule has 0 atom stereocenters. The molecule has 5 nitrogen and oxygen atoms in total. The Bertz CT molecular complexity index is 798. The lowest BCUT2D eigenvalue weighted by atomic mass is 10.2. The quantitative estimate of drug-likeness (QED) is 0.637. The highest BCUT2D eigenvalue weighted by Crippen LogP contribution is 2.28. The van der Waals surface area contributed by atoms with Crippen molar-refractivity contribution in [2.45, 2.75) is 6.92 Å². The second kappa shape index (κ2) is 9.08. The van der Waals surface area contributed by atoms with E-state index >= 15 is 0 Å². The molecule has 0 fully saturated rings. The third kappa shape index (κ3) is 5.63. The summed E-state index contributed by atoms with van der Waals surface area (Å²) in [7, 11) is 0. The summed E-state index contributed by atoms with van der Waals surface area (Å²) < 4.78 is 11.0. The smallest absolute Gasteiger partial charge is 0.339 e. The molecule has 8 heteroatoms. The zero-order valence-electron chi connectivity index (χ0n) is 13.1. The number of hydrogen-bond donors (Lipinski definition) is 1. The van der Waals surface area contributed by atoms with Gasteiger partial charge >= 0.3 is 5.97 Å². The number of carbonyl (C=O) groups excluding carboxylic acids is 2. The van der Waals surface area contributed by atoms with Gasteiger partial charge in [-0.25, -0.2) is 4.79 Å².